The van der Waals surface area contributed by atoms with E-state index in [4.69, 9.17) is 4.74 Å². The zero-order valence-electron chi connectivity index (χ0n) is 16.7. The Kier molecular flexibility index (Phi) is 5.88. The quantitative estimate of drug-likeness (QED) is 0.690. The van der Waals surface area contributed by atoms with E-state index in [9.17, 15) is 9.18 Å². The van der Waals surface area contributed by atoms with Crippen LogP contribution in [0.5, 0.6) is 5.75 Å². The molecule has 1 aliphatic rings. The molecule has 4 rings (SSSR count). The smallest absolute Gasteiger partial charge is 0.227 e. The maximum Gasteiger partial charge on any atom is 0.227 e. The van der Waals surface area contributed by atoms with Gasteiger partial charge in [0.1, 0.15) is 11.6 Å². The number of nitrogens with one attached hydrogen (secondary N) is 1. The monoisotopic (exact) mass is 406 g/mol. The zero-order valence-corrected chi connectivity index (χ0v) is 16.7. The highest BCUT2D eigenvalue weighted by atomic mass is 19.1. The van der Waals surface area contributed by atoms with Crippen molar-refractivity contribution in [3.8, 4) is 17.0 Å². The molecule has 1 aromatic heterocycles. The Bertz CT molecular complexity index is 1000. The van der Waals surface area contributed by atoms with Crippen molar-refractivity contribution in [3.05, 3.63) is 66.5 Å². The van der Waals surface area contributed by atoms with Crippen LogP contribution in [0.2, 0.25) is 0 Å². The highest BCUT2D eigenvalue weighted by molar-refractivity contribution is 5.92. The molecular weight excluding hydrogens is 383 g/mol. The molecule has 2 heterocycles. The lowest BCUT2D eigenvalue weighted by Crippen LogP contribution is -2.38. The second-order valence-electron chi connectivity index (χ2n) is 7.27. The summed E-state index contributed by atoms with van der Waals surface area (Å²) in [5.74, 6) is 1.07. The Morgan fingerprint density at radius 1 is 1.07 bits per heavy atom. The minimum atomic E-state index is -0.362. The molecule has 0 aliphatic carbocycles. The van der Waals surface area contributed by atoms with E-state index in [1.54, 1.807) is 19.2 Å². The largest absolute Gasteiger partial charge is 0.497 e. The Morgan fingerprint density at radius 2 is 1.83 bits per heavy atom. The van der Waals surface area contributed by atoms with Gasteiger partial charge in [-0.15, -0.1) is 10.2 Å². The molecule has 0 unspecified atom stereocenters. The molecule has 2 aromatic carbocycles. The van der Waals surface area contributed by atoms with Gasteiger partial charge in [0.25, 0.3) is 0 Å². The predicted octanol–water partition coefficient (Wildman–Crippen LogP) is 4.15. The van der Waals surface area contributed by atoms with Crippen molar-refractivity contribution in [2.24, 2.45) is 5.92 Å². The topological polar surface area (TPSA) is 67.3 Å². The van der Waals surface area contributed by atoms with E-state index in [0.717, 1.165) is 35.9 Å². The molecule has 6 nitrogen and oxygen atoms in total. The van der Waals surface area contributed by atoms with Crippen molar-refractivity contribution in [1.82, 2.24) is 10.2 Å². The van der Waals surface area contributed by atoms with E-state index in [1.807, 2.05) is 36.4 Å². The van der Waals surface area contributed by atoms with Gasteiger partial charge in [0, 0.05) is 30.3 Å². The molecule has 1 amide bonds. The van der Waals surface area contributed by atoms with E-state index in [1.165, 1.54) is 12.1 Å². The number of ether oxygens (including phenoxy) is 1. The van der Waals surface area contributed by atoms with E-state index in [0.29, 0.717) is 18.5 Å². The van der Waals surface area contributed by atoms with Crippen LogP contribution in [0.1, 0.15) is 12.8 Å². The Morgan fingerprint density at radius 3 is 2.47 bits per heavy atom. The SMILES string of the molecule is COc1ccc(-c2ccc(N3CCC(C(=O)Nc4cccc(F)c4)CC3)nn2)cc1. The van der Waals surface area contributed by atoms with Gasteiger partial charge >= 0.3 is 0 Å². The number of piperidine rings is 1. The number of benzene rings is 2. The summed E-state index contributed by atoms with van der Waals surface area (Å²) in [5, 5.41) is 11.5. The molecule has 0 radical (unpaired) electrons. The molecule has 1 aliphatic heterocycles. The molecule has 1 fully saturated rings. The summed E-state index contributed by atoms with van der Waals surface area (Å²) in [6.45, 7) is 1.44. The first kappa shape index (κ1) is 19.8. The lowest BCUT2D eigenvalue weighted by atomic mass is 9.95. The lowest BCUT2D eigenvalue weighted by Gasteiger charge is -2.31. The maximum absolute atomic E-state index is 13.3. The number of aromatic nitrogens is 2. The molecular formula is C23H23FN4O2. The average Bonchev–Trinajstić information content (AvgIpc) is 2.79. The van der Waals surface area contributed by atoms with Gasteiger partial charge in [0.15, 0.2) is 5.82 Å². The number of carbonyl (C=O) groups is 1. The van der Waals surface area contributed by atoms with Crippen molar-refractivity contribution >= 4 is 17.4 Å². The molecule has 1 saturated heterocycles. The van der Waals surface area contributed by atoms with Crippen LogP contribution < -0.4 is 15.0 Å². The van der Waals surface area contributed by atoms with Crippen LogP contribution in [0.15, 0.2) is 60.7 Å². The number of hydrogen-bond acceptors (Lipinski definition) is 5. The van der Waals surface area contributed by atoms with Crippen LogP contribution in [0.25, 0.3) is 11.3 Å². The third kappa shape index (κ3) is 4.56. The van der Waals surface area contributed by atoms with Crippen LogP contribution >= 0.6 is 0 Å². The molecule has 3 aromatic rings. The Balaban J connectivity index is 1.34. The van der Waals surface area contributed by atoms with Gasteiger partial charge in [-0.1, -0.05) is 6.07 Å². The molecule has 0 spiro atoms. The molecule has 30 heavy (non-hydrogen) atoms. The highest BCUT2D eigenvalue weighted by Gasteiger charge is 2.26. The van der Waals surface area contributed by atoms with Crippen LogP contribution in [-0.2, 0) is 4.79 Å². The minimum absolute atomic E-state index is 0.0683. The summed E-state index contributed by atoms with van der Waals surface area (Å²) in [4.78, 5) is 14.6. The number of nitrogens with zero attached hydrogens (tertiary/aromatic N) is 3. The van der Waals surface area contributed by atoms with Crippen LogP contribution in [0.4, 0.5) is 15.9 Å². The molecule has 1 N–H and O–H groups in total. The summed E-state index contributed by atoms with van der Waals surface area (Å²) < 4.78 is 18.5. The van der Waals surface area contributed by atoms with Gasteiger partial charge < -0.3 is 15.0 Å². The second kappa shape index (κ2) is 8.90. The van der Waals surface area contributed by atoms with Gasteiger partial charge in [-0.2, -0.15) is 0 Å². The fourth-order valence-corrected chi connectivity index (χ4v) is 3.59. The number of anilines is 2. The second-order valence-corrected chi connectivity index (χ2v) is 7.27. The summed E-state index contributed by atoms with van der Waals surface area (Å²) in [5.41, 5.74) is 2.26. The van der Waals surface area contributed by atoms with Gasteiger partial charge in [0.2, 0.25) is 5.91 Å². The molecule has 154 valence electrons. The molecule has 0 atom stereocenters. The normalized spacial score (nSPS) is 14.4. The first-order valence-corrected chi connectivity index (χ1v) is 9.92. The number of rotatable bonds is 5. The number of hydrogen-bond donors (Lipinski definition) is 1. The first-order valence-electron chi connectivity index (χ1n) is 9.92. The van der Waals surface area contributed by atoms with Crippen molar-refractivity contribution in [3.63, 3.8) is 0 Å². The van der Waals surface area contributed by atoms with E-state index < -0.39 is 0 Å². The average molecular weight is 406 g/mol. The van der Waals surface area contributed by atoms with Gasteiger partial charge in [0.05, 0.1) is 12.8 Å². The summed E-state index contributed by atoms with van der Waals surface area (Å²) in [6.07, 6.45) is 1.42. The predicted molar refractivity (Wildman–Crippen MR) is 114 cm³/mol. The standard InChI is InChI=1S/C23H23FN4O2/c1-30-20-7-5-16(6-8-20)21-9-10-22(27-26-21)28-13-11-17(12-14-28)23(29)25-19-4-2-3-18(24)15-19/h2-10,15,17H,11-14H2,1H3,(H,25,29). The number of carbonyl (C=O) groups excluding carboxylic acids is 1. The van der Waals surface area contributed by atoms with Crippen LogP contribution in [-0.4, -0.2) is 36.3 Å². The summed E-state index contributed by atoms with van der Waals surface area (Å²) in [7, 11) is 1.64. The molecule has 0 saturated carbocycles. The van der Waals surface area contributed by atoms with Gasteiger partial charge in [-0.05, 0) is 67.4 Å². The van der Waals surface area contributed by atoms with E-state index in [2.05, 4.69) is 20.4 Å². The molecule has 7 heteroatoms. The Labute approximate surface area is 174 Å². The van der Waals surface area contributed by atoms with Crippen LogP contribution in [0.3, 0.4) is 0 Å². The number of amides is 1. The highest BCUT2D eigenvalue weighted by Crippen LogP contribution is 2.25. The molecule has 0 bridgehead atoms. The first-order chi connectivity index (χ1) is 14.6. The van der Waals surface area contributed by atoms with Crippen molar-refractivity contribution < 1.29 is 13.9 Å². The fourth-order valence-electron chi connectivity index (χ4n) is 3.59. The third-order valence-electron chi connectivity index (χ3n) is 5.32. The number of methoxy groups -OCH3 is 1. The van der Waals surface area contributed by atoms with Crippen LogP contribution in [0, 0.1) is 11.7 Å². The minimum Gasteiger partial charge on any atom is -0.497 e. The van der Waals surface area contributed by atoms with Crippen molar-refractivity contribution in [1.29, 1.82) is 0 Å². The van der Waals surface area contributed by atoms with Crippen molar-refractivity contribution in [2.75, 3.05) is 30.4 Å². The number of halogens is 1. The van der Waals surface area contributed by atoms with Crippen molar-refractivity contribution in [2.45, 2.75) is 12.8 Å². The lowest BCUT2D eigenvalue weighted by molar-refractivity contribution is -0.120. The Hall–Kier alpha value is -3.48. The summed E-state index contributed by atoms with van der Waals surface area (Å²) in [6, 6.07) is 17.6. The van der Waals surface area contributed by atoms with Gasteiger partial charge in [-0.25, -0.2) is 4.39 Å². The maximum atomic E-state index is 13.3. The zero-order chi connectivity index (χ0) is 20.9. The van der Waals surface area contributed by atoms with E-state index in [-0.39, 0.29) is 17.6 Å². The summed E-state index contributed by atoms with van der Waals surface area (Å²) >= 11 is 0. The third-order valence-corrected chi connectivity index (χ3v) is 5.32. The fraction of sp³-hybridized carbons (Fsp3) is 0.261. The van der Waals surface area contributed by atoms with Gasteiger partial charge in [-0.3, -0.25) is 4.79 Å². The van der Waals surface area contributed by atoms with E-state index >= 15 is 0 Å².